The molecular weight excluding hydrogens is 917 g/mol. The second kappa shape index (κ2) is 33.1. The van der Waals surface area contributed by atoms with Crippen molar-refractivity contribution in [2.75, 3.05) is 13.1 Å². The van der Waals surface area contributed by atoms with Crippen molar-refractivity contribution in [3.05, 3.63) is 0 Å². The first-order chi connectivity index (χ1) is 32.2. The van der Waals surface area contributed by atoms with Crippen LogP contribution in [0.3, 0.4) is 0 Å². The van der Waals surface area contributed by atoms with E-state index in [0.717, 1.165) is 0 Å². The topological polar surface area (TPSA) is 468 Å². The lowest BCUT2D eigenvalue weighted by molar-refractivity contribution is -0.144. The number of hydrogen-bond acceptors (Lipinski definition) is 15. The van der Waals surface area contributed by atoms with Crippen molar-refractivity contribution < 1.29 is 83.1 Å². The normalized spacial score (nSPS) is 14.6. The molecular formula is C42H72N10O17. The number of carboxylic acid groups (broad SMARTS) is 5. The number of nitrogens with two attached hydrogens (primary N) is 3. The van der Waals surface area contributed by atoms with Gasteiger partial charge in [-0.15, -0.1) is 0 Å². The van der Waals surface area contributed by atoms with E-state index in [9.17, 15) is 72.9 Å². The summed E-state index contributed by atoms with van der Waals surface area (Å²) in [4.78, 5) is 152. The summed E-state index contributed by atoms with van der Waals surface area (Å²) in [6, 6.07) is -11.9. The van der Waals surface area contributed by atoms with Crippen molar-refractivity contribution >= 4 is 71.2 Å². The Morgan fingerprint density at radius 1 is 0.362 bits per heavy atom. The molecule has 8 unspecified atom stereocenters. The monoisotopic (exact) mass is 989 g/mol. The van der Waals surface area contributed by atoms with Crippen LogP contribution in [0.1, 0.15) is 118 Å². The molecule has 0 aromatic carbocycles. The Morgan fingerprint density at radius 3 is 0.986 bits per heavy atom. The molecule has 0 aliphatic heterocycles. The molecule has 0 saturated carbocycles. The molecule has 0 rings (SSSR count). The van der Waals surface area contributed by atoms with Gasteiger partial charge in [-0.05, 0) is 89.1 Å². The second-order valence-corrected chi connectivity index (χ2v) is 17.0. The quantitative estimate of drug-likeness (QED) is 0.0273. The lowest BCUT2D eigenvalue weighted by atomic mass is 9.98. The maximum atomic E-state index is 13.9. The smallest absolute Gasteiger partial charge is 0.326 e. The summed E-state index contributed by atoms with van der Waals surface area (Å²) in [7, 11) is 0. The highest BCUT2D eigenvalue weighted by Gasteiger charge is 2.36. The van der Waals surface area contributed by atoms with Gasteiger partial charge in [0, 0.05) is 25.7 Å². The van der Waals surface area contributed by atoms with Crippen LogP contribution in [-0.4, -0.2) is 158 Å². The van der Waals surface area contributed by atoms with Crippen LogP contribution in [-0.2, 0) is 57.5 Å². The Bertz CT molecular complexity index is 1780. The van der Waals surface area contributed by atoms with Gasteiger partial charge in [0.25, 0.3) is 0 Å². The Morgan fingerprint density at radius 2 is 0.638 bits per heavy atom. The molecule has 0 aliphatic carbocycles. The number of carboxylic acids is 5. The molecule has 0 aromatic rings. The summed E-state index contributed by atoms with van der Waals surface area (Å²) in [6.07, 6.45) is -2.72. The molecule has 0 heterocycles. The SMILES string of the molecule is CC(C)C(NC(=O)C(CCC(=O)O)NC(=O)C(CCCCN)NC(=O)C(CCCCN)NC(=O)C(N)CCC(=O)O)C(=O)NC(C(=O)NC(CCC(=O)O)C(=O)NC(CCC(=O)O)C(=O)O)C(C)C. The molecule has 7 amide bonds. The molecule has 18 N–H and O–H groups in total. The summed E-state index contributed by atoms with van der Waals surface area (Å²) in [5, 5.41) is 63.1. The number of carbonyl (C=O) groups is 12. The summed E-state index contributed by atoms with van der Waals surface area (Å²) in [5.74, 6) is -15.1. The van der Waals surface area contributed by atoms with Crippen LogP contribution in [0, 0.1) is 11.8 Å². The van der Waals surface area contributed by atoms with Crippen LogP contribution in [0.25, 0.3) is 0 Å². The molecule has 0 bridgehead atoms. The van der Waals surface area contributed by atoms with Crippen LogP contribution >= 0.6 is 0 Å². The van der Waals surface area contributed by atoms with E-state index in [-0.39, 0.29) is 38.8 Å². The molecule has 0 spiro atoms. The fraction of sp³-hybridized carbons (Fsp3) is 0.714. The Balaban J connectivity index is 6.55. The minimum Gasteiger partial charge on any atom is -0.481 e. The number of amides is 7. The van der Waals surface area contributed by atoms with Gasteiger partial charge in [0.1, 0.15) is 42.3 Å². The zero-order valence-corrected chi connectivity index (χ0v) is 39.5. The van der Waals surface area contributed by atoms with Crippen molar-refractivity contribution in [3.63, 3.8) is 0 Å². The lowest BCUT2D eigenvalue weighted by Gasteiger charge is -2.30. The molecule has 392 valence electrons. The first-order valence-electron chi connectivity index (χ1n) is 22.6. The molecule has 8 atom stereocenters. The molecule has 0 aliphatic rings. The van der Waals surface area contributed by atoms with E-state index in [1.54, 1.807) is 0 Å². The van der Waals surface area contributed by atoms with E-state index >= 15 is 0 Å². The van der Waals surface area contributed by atoms with Crippen molar-refractivity contribution in [1.29, 1.82) is 0 Å². The first kappa shape index (κ1) is 62.5. The summed E-state index contributed by atoms with van der Waals surface area (Å²) in [5.41, 5.74) is 17.1. The van der Waals surface area contributed by atoms with Gasteiger partial charge in [0.15, 0.2) is 0 Å². The minimum atomic E-state index is -1.72. The predicted molar refractivity (Wildman–Crippen MR) is 242 cm³/mol. The van der Waals surface area contributed by atoms with Gasteiger partial charge in [-0.25, -0.2) is 4.79 Å². The van der Waals surface area contributed by atoms with Gasteiger partial charge in [-0.1, -0.05) is 27.7 Å². The third kappa shape index (κ3) is 26.0. The maximum Gasteiger partial charge on any atom is 0.326 e. The van der Waals surface area contributed by atoms with E-state index in [1.165, 1.54) is 27.7 Å². The van der Waals surface area contributed by atoms with E-state index in [1.807, 2.05) is 0 Å². The van der Waals surface area contributed by atoms with Crippen molar-refractivity contribution in [3.8, 4) is 0 Å². The molecule has 0 aromatic heterocycles. The Labute approximate surface area is 398 Å². The molecule has 0 fully saturated rings. The fourth-order valence-corrected chi connectivity index (χ4v) is 6.46. The second-order valence-electron chi connectivity index (χ2n) is 17.0. The number of nitrogens with one attached hydrogen (secondary N) is 7. The first-order valence-corrected chi connectivity index (χ1v) is 22.6. The minimum absolute atomic E-state index is 0.0387. The Hall–Kier alpha value is -6.48. The van der Waals surface area contributed by atoms with Crippen LogP contribution in [0.2, 0.25) is 0 Å². The van der Waals surface area contributed by atoms with Crippen molar-refractivity contribution in [1.82, 2.24) is 37.2 Å². The molecule has 0 saturated heterocycles. The number of hydrogen-bond donors (Lipinski definition) is 15. The molecule has 0 radical (unpaired) electrons. The summed E-state index contributed by atoms with van der Waals surface area (Å²) in [6.45, 7) is 6.49. The van der Waals surface area contributed by atoms with E-state index in [4.69, 9.17) is 27.4 Å². The van der Waals surface area contributed by atoms with Gasteiger partial charge in [0.2, 0.25) is 41.4 Å². The largest absolute Gasteiger partial charge is 0.481 e. The average Bonchev–Trinajstić information content (AvgIpc) is 3.26. The predicted octanol–water partition coefficient (Wildman–Crippen LogP) is -3.18. The third-order valence-corrected chi connectivity index (χ3v) is 10.5. The number of aliphatic carboxylic acids is 5. The Kier molecular flexibility index (Phi) is 30.0. The number of carbonyl (C=O) groups excluding carboxylic acids is 7. The zero-order valence-electron chi connectivity index (χ0n) is 39.5. The van der Waals surface area contributed by atoms with Crippen molar-refractivity contribution in [2.24, 2.45) is 29.0 Å². The summed E-state index contributed by atoms with van der Waals surface area (Å²) >= 11 is 0. The highest BCUT2D eigenvalue weighted by atomic mass is 16.4. The van der Waals surface area contributed by atoms with E-state index in [2.05, 4.69) is 37.2 Å². The van der Waals surface area contributed by atoms with E-state index < -0.39 is 176 Å². The maximum absolute atomic E-state index is 13.9. The van der Waals surface area contributed by atoms with Gasteiger partial charge in [-0.2, -0.15) is 0 Å². The van der Waals surface area contributed by atoms with Crippen LogP contribution in [0.5, 0.6) is 0 Å². The highest BCUT2D eigenvalue weighted by Crippen LogP contribution is 2.12. The highest BCUT2D eigenvalue weighted by molar-refractivity contribution is 5.98. The zero-order chi connectivity index (χ0) is 53.0. The fourth-order valence-electron chi connectivity index (χ4n) is 6.46. The molecule has 69 heavy (non-hydrogen) atoms. The molecule has 27 nitrogen and oxygen atoms in total. The van der Waals surface area contributed by atoms with Crippen molar-refractivity contribution in [2.45, 2.75) is 166 Å². The number of unbranched alkanes of at least 4 members (excludes halogenated alkanes) is 2. The van der Waals surface area contributed by atoms with Crippen LogP contribution in [0.4, 0.5) is 0 Å². The average molecular weight is 989 g/mol. The van der Waals surface area contributed by atoms with Crippen LogP contribution < -0.4 is 54.4 Å². The van der Waals surface area contributed by atoms with Crippen LogP contribution in [0.15, 0.2) is 0 Å². The standard InChI is InChI=1S/C42H72N10O17/c1-21(2)33(40(66)49-26(12-16-30(55)56)38(64)50-28(42(68)69)14-18-32(59)60)52-41(67)34(22(3)4)51-39(65)27(13-17-31(57)58)48-37(63)25(10-6-8-20-44)47-36(62)24(9-5-7-19-43)46-35(61)23(45)11-15-29(53)54/h21-28,33-34H,5-20,43-45H2,1-4H3,(H,46,61)(H,47,62)(H,48,63)(H,49,66)(H,50,64)(H,51,65)(H,52,67)(H,53,54)(H,55,56)(H,57,58)(H,59,60)(H,68,69). The summed E-state index contributed by atoms with van der Waals surface area (Å²) < 4.78 is 0. The van der Waals surface area contributed by atoms with Gasteiger partial charge in [-0.3, -0.25) is 52.7 Å². The molecule has 27 heteroatoms. The van der Waals surface area contributed by atoms with Gasteiger partial charge < -0.3 is 80.0 Å². The third-order valence-electron chi connectivity index (χ3n) is 10.5. The van der Waals surface area contributed by atoms with Gasteiger partial charge >= 0.3 is 29.8 Å². The van der Waals surface area contributed by atoms with E-state index in [0.29, 0.717) is 19.3 Å². The number of rotatable bonds is 37. The lowest BCUT2D eigenvalue weighted by Crippen LogP contribution is -2.61. The van der Waals surface area contributed by atoms with Gasteiger partial charge in [0.05, 0.1) is 6.04 Å².